The fourth-order valence-corrected chi connectivity index (χ4v) is 5.07. The molecule has 3 heteroatoms. The molecular formula is C17H32N2O. The Morgan fingerprint density at radius 1 is 1.20 bits per heavy atom. The van der Waals surface area contributed by atoms with Crippen molar-refractivity contribution < 1.29 is 4.74 Å². The molecule has 3 nitrogen and oxygen atoms in total. The van der Waals surface area contributed by atoms with E-state index in [-0.39, 0.29) is 0 Å². The van der Waals surface area contributed by atoms with Gasteiger partial charge in [-0.25, -0.2) is 0 Å². The van der Waals surface area contributed by atoms with E-state index in [4.69, 9.17) is 4.74 Å². The number of hydrogen-bond donors (Lipinski definition) is 1. The highest BCUT2D eigenvalue weighted by molar-refractivity contribution is 5.10. The zero-order valence-corrected chi connectivity index (χ0v) is 13.4. The Labute approximate surface area is 124 Å². The van der Waals surface area contributed by atoms with Crippen molar-refractivity contribution >= 4 is 0 Å². The molecule has 2 unspecified atom stereocenters. The molecule has 0 aromatic heterocycles. The van der Waals surface area contributed by atoms with Crippen molar-refractivity contribution in [1.82, 2.24) is 10.2 Å². The van der Waals surface area contributed by atoms with Crippen molar-refractivity contribution in [1.29, 1.82) is 0 Å². The number of nitrogens with one attached hydrogen (secondary N) is 1. The van der Waals surface area contributed by atoms with Crippen molar-refractivity contribution in [2.45, 2.75) is 64.0 Å². The van der Waals surface area contributed by atoms with Gasteiger partial charge in [0.15, 0.2) is 0 Å². The molecule has 3 rings (SSSR count). The van der Waals surface area contributed by atoms with Crippen LogP contribution in [0.5, 0.6) is 0 Å². The van der Waals surface area contributed by atoms with Crippen molar-refractivity contribution in [3.8, 4) is 0 Å². The van der Waals surface area contributed by atoms with Crippen LogP contribution in [-0.2, 0) is 4.74 Å². The highest BCUT2D eigenvalue weighted by Gasteiger charge is 2.57. The Hall–Kier alpha value is -0.120. The maximum atomic E-state index is 6.05. The highest BCUT2D eigenvalue weighted by atomic mass is 16.5. The summed E-state index contributed by atoms with van der Waals surface area (Å²) < 4.78 is 6.05. The first kappa shape index (κ1) is 14.8. The van der Waals surface area contributed by atoms with E-state index in [2.05, 4.69) is 24.2 Å². The van der Waals surface area contributed by atoms with E-state index in [1.54, 1.807) is 0 Å². The van der Waals surface area contributed by atoms with Gasteiger partial charge in [0.2, 0.25) is 0 Å². The molecule has 1 spiro atoms. The molecule has 2 aliphatic carbocycles. The molecule has 1 heterocycles. The van der Waals surface area contributed by atoms with E-state index in [1.807, 2.05) is 0 Å². The Morgan fingerprint density at radius 2 is 1.90 bits per heavy atom. The van der Waals surface area contributed by atoms with Crippen LogP contribution in [0.3, 0.4) is 0 Å². The van der Waals surface area contributed by atoms with Gasteiger partial charge in [0.25, 0.3) is 0 Å². The third kappa shape index (κ3) is 2.65. The summed E-state index contributed by atoms with van der Waals surface area (Å²) in [6.07, 6.45) is 10.2. The van der Waals surface area contributed by atoms with Crippen molar-refractivity contribution in [2.75, 3.05) is 33.3 Å². The van der Waals surface area contributed by atoms with Crippen LogP contribution >= 0.6 is 0 Å². The van der Waals surface area contributed by atoms with Gasteiger partial charge in [0, 0.05) is 24.6 Å². The van der Waals surface area contributed by atoms with Crippen LogP contribution in [0.4, 0.5) is 0 Å². The molecule has 0 aromatic carbocycles. The molecule has 20 heavy (non-hydrogen) atoms. The summed E-state index contributed by atoms with van der Waals surface area (Å²) in [5.74, 6) is 0.908. The Bertz CT molecular complexity index is 308. The van der Waals surface area contributed by atoms with E-state index in [1.165, 1.54) is 64.6 Å². The quantitative estimate of drug-likeness (QED) is 0.838. The van der Waals surface area contributed by atoms with E-state index in [0.717, 1.165) is 18.6 Å². The molecule has 2 saturated carbocycles. The van der Waals surface area contributed by atoms with E-state index in [0.29, 0.717) is 11.5 Å². The van der Waals surface area contributed by atoms with E-state index >= 15 is 0 Å². The maximum Gasteiger partial charge on any atom is 0.0661 e. The topological polar surface area (TPSA) is 24.5 Å². The maximum absolute atomic E-state index is 6.05. The Morgan fingerprint density at radius 3 is 2.55 bits per heavy atom. The van der Waals surface area contributed by atoms with Gasteiger partial charge in [0.05, 0.1) is 6.10 Å². The standard InChI is InChI=1S/C17H32N2O/c1-3-20-16-12-15(17(16)8-4-5-9-17)19(2)13-14-6-10-18-11-7-14/h14-16,18H,3-13H2,1-2H3. The summed E-state index contributed by atoms with van der Waals surface area (Å²) in [5, 5.41) is 3.48. The summed E-state index contributed by atoms with van der Waals surface area (Å²) in [6.45, 7) is 6.77. The summed E-state index contributed by atoms with van der Waals surface area (Å²) in [5.41, 5.74) is 0.512. The van der Waals surface area contributed by atoms with Gasteiger partial charge in [-0.15, -0.1) is 0 Å². The molecule has 0 aromatic rings. The van der Waals surface area contributed by atoms with Gasteiger partial charge in [-0.2, -0.15) is 0 Å². The number of hydrogen-bond acceptors (Lipinski definition) is 3. The lowest BCUT2D eigenvalue weighted by atomic mass is 9.60. The average Bonchev–Trinajstić information content (AvgIpc) is 2.96. The van der Waals surface area contributed by atoms with Crippen LogP contribution in [0.25, 0.3) is 0 Å². The van der Waals surface area contributed by atoms with Crippen LogP contribution in [-0.4, -0.2) is 50.3 Å². The average molecular weight is 280 g/mol. The molecule has 1 N–H and O–H groups in total. The summed E-state index contributed by atoms with van der Waals surface area (Å²) in [7, 11) is 2.37. The lowest BCUT2D eigenvalue weighted by molar-refractivity contribution is -0.162. The van der Waals surface area contributed by atoms with Crippen molar-refractivity contribution in [2.24, 2.45) is 11.3 Å². The summed E-state index contributed by atoms with van der Waals surface area (Å²) >= 11 is 0. The fraction of sp³-hybridized carbons (Fsp3) is 1.00. The molecule has 3 aliphatic rings. The lowest BCUT2D eigenvalue weighted by Crippen LogP contribution is -2.63. The molecule has 3 fully saturated rings. The third-order valence-corrected chi connectivity index (χ3v) is 6.18. The minimum Gasteiger partial charge on any atom is -0.378 e. The van der Waals surface area contributed by atoms with Crippen LogP contribution in [0.1, 0.15) is 51.9 Å². The molecule has 1 saturated heterocycles. The molecule has 0 amide bonds. The number of nitrogens with zero attached hydrogens (tertiary/aromatic N) is 1. The van der Waals surface area contributed by atoms with Gasteiger partial charge >= 0.3 is 0 Å². The van der Waals surface area contributed by atoms with Gasteiger partial charge in [-0.3, -0.25) is 0 Å². The normalized spacial score (nSPS) is 33.8. The second kappa shape index (κ2) is 6.33. The van der Waals surface area contributed by atoms with E-state index in [9.17, 15) is 0 Å². The smallest absolute Gasteiger partial charge is 0.0661 e. The predicted molar refractivity (Wildman–Crippen MR) is 82.9 cm³/mol. The molecule has 2 atom stereocenters. The minimum atomic E-state index is 0.512. The van der Waals surface area contributed by atoms with Crippen LogP contribution in [0.15, 0.2) is 0 Å². The second-order valence-electron chi connectivity index (χ2n) is 7.27. The zero-order valence-electron chi connectivity index (χ0n) is 13.4. The number of ether oxygens (including phenoxy) is 1. The van der Waals surface area contributed by atoms with Gasteiger partial charge in [-0.05, 0) is 65.1 Å². The molecule has 1 aliphatic heterocycles. The Kier molecular flexibility index (Phi) is 4.68. The second-order valence-corrected chi connectivity index (χ2v) is 7.27. The molecule has 116 valence electrons. The Balaban J connectivity index is 1.58. The number of rotatable bonds is 5. The van der Waals surface area contributed by atoms with Crippen LogP contribution < -0.4 is 5.32 Å². The summed E-state index contributed by atoms with van der Waals surface area (Å²) in [6, 6.07) is 0.788. The van der Waals surface area contributed by atoms with Crippen LogP contribution in [0.2, 0.25) is 0 Å². The van der Waals surface area contributed by atoms with Crippen molar-refractivity contribution in [3.63, 3.8) is 0 Å². The number of piperidine rings is 1. The molecular weight excluding hydrogens is 248 g/mol. The monoisotopic (exact) mass is 280 g/mol. The van der Waals surface area contributed by atoms with Gasteiger partial charge < -0.3 is 15.0 Å². The van der Waals surface area contributed by atoms with Crippen molar-refractivity contribution in [3.05, 3.63) is 0 Å². The van der Waals surface area contributed by atoms with E-state index < -0.39 is 0 Å². The largest absolute Gasteiger partial charge is 0.378 e. The first-order chi connectivity index (χ1) is 9.76. The van der Waals surface area contributed by atoms with Crippen LogP contribution in [0, 0.1) is 11.3 Å². The first-order valence-electron chi connectivity index (χ1n) is 8.79. The molecule has 0 radical (unpaired) electrons. The summed E-state index contributed by atoms with van der Waals surface area (Å²) in [4.78, 5) is 2.69. The first-order valence-corrected chi connectivity index (χ1v) is 8.79. The predicted octanol–water partition coefficient (Wildman–Crippen LogP) is 2.66. The molecule has 0 bridgehead atoms. The lowest BCUT2D eigenvalue weighted by Gasteiger charge is -2.57. The zero-order chi connectivity index (χ0) is 14.0. The minimum absolute atomic E-state index is 0.512. The highest BCUT2D eigenvalue weighted by Crippen LogP contribution is 2.56. The van der Waals surface area contributed by atoms with Gasteiger partial charge in [-0.1, -0.05) is 12.8 Å². The third-order valence-electron chi connectivity index (χ3n) is 6.18. The SMILES string of the molecule is CCOC1CC(N(C)CC2CCNCC2)C12CCCC2. The fourth-order valence-electron chi connectivity index (χ4n) is 5.07. The van der Waals surface area contributed by atoms with Gasteiger partial charge in [0.1, 0.15) is 0 Å².